The summed E-state index contributed by atoms with van der Waals surface area (Å²) in [6.07, 6.45) is 2.28. The van der Waals surface area contributed by atoms with Gasteiger partial charge in [-0.2, -0.15) is 0 Å². The van der Waals surface area contributed by atoms with Crippen LogP contribution in [-0.4, -0.2) is 75.6 Å². The molecule has 14 heteroatoms. The fourth-order valence-corrected chi connectivity index (χ4v) is 6.03. The van der Waals surface area contributed by atoms with Gasteiger partial charge in [0, 0.05) is 6.20 Å². The van der Waals surface area contributed by atoms with Gasteiger partial charge in [0.05, 0.1) is 19.1 Å². The van der Waals surface area contributed by atoms with Crippen LogP contribution < -0.4 is 9.61 Å². The summed E-state index contributed by atoms with van der Waals surface area (Å²) in [6.45, 7) is 0.714. The van der Waals surface area contributed by atoms with E-state index in [2.05, 4.69) is 11.0 Å². The van der Waals surface area contributed by atoms with Crippen LogP contribution in [0.15, 0.2) is 36.5 Å². The second-order valence-corrected chi connectivity index (χ2v) is 12.0. The lowest BCUT2D eigenvalue weighted by Crippen LogP contribution is -2.55. The first-order chi connectivity index (χ1) is 17.8. The van der Waals surface area contributed by atoms with Crippen molar-refractivity contribution in [2.24, 2.45) is 0 Å². The zero-order valence-corrected chi connectivity index (χ0v) is 22.5. The van der Waals surface area contributed by atoms with Crippen LogP contribution in [0.25, 0.3) is 0 Å². The van der Waals surface area contributed by atoms with Crippen molar-refractivity contribution in [1.29, 1.82) is 0 Å². The van der Waals surface area contributed by atoms with Gasteiger partial charge in [0.25, 0.3) is 0 Å². The van der Waals surface area contributed by atoms with E-state index in [1.807, 2.05) is 0 Å². The van der Waals surface area contributed by atoms with Gasteiger partial charge in [0.2, 0.25) is 5.91 Å². The van der Waals surface area contributed by atoms with Crippen LogP contribution in [0.5, 0.6) is 5.75 Å². The van der Waals surface area contributed by atoms with E-state index in [0.29, 0.717) is 0 Å². The number of nitrogens with one attached hydrogen (secondary N) is 1. The van der Waals surface area contributed by atoms with Gasteiger partial charge in [-0.1, -0.05) is 5.92 Å². The molecular formula is C24H28FN2O9PS. The maximum atomic E-state index is 13.4. The SMILES string of the molecule is C#C[C@@]1(O)[C@H](O)[C@@H](COP(=S)(N[C@@H](C)C(=O)OC(C)C)Oc2ccc(F)cc2)O[C@H]1N1C=CC(=O)CC1=O. The fourth-order valence-electron chi connectivity index (χ4n) is 3.61. The van der Waals surface area contributed by atoms with E-state index in [1.165, 1.54) is 19.1 Å². The second kappa shape index (κ2) is 12.0. The maximum absolute atomic E-state index is 13.4. The van der Waals surface area contributed by atoms with Crippen LogP contribution in [0.1, 0.15) is 27.2 Å². The quantitative estimate of drug-likeness (QED) is 0.161. The molecule has 2 aliphatic rings. The number of halogens is 1. The van der Waals surface area contributed by atoms with E-state index in [1.54, 1.807) is 13.8 Å². The summed E-state index contributed by atoms with van der Waals surface area (Å²) in [4.78, 5) is 37.2. The Hall–Kier alpha value is -2.69. The third-order valence-electron chi connectivity index (χ3n) is 5.51. The average molecular weight is 571 g/mol. The number of benzene rings is 1. The number of hydrogen-bond acceptors (Lipinski definition) is 10. The molecule has 206 valence electrons. The molecule has 38 heavy (non-hydrogen) atoms. The number of nitrogens with zero attached hydrogens (tertiary/aromatic N) is 1. The molecule has 1 fully saturated rings. The molecule has 0 radical (unpaired) electrons. The van der Waals surface area contributed by atoms with Gasteiger partial charge < -0.3 is 28.7 Å². The first-order valence-corrected chi connectivity index (χ1v) is 14.2. The Labute approximate surface area is 224 Å². The molecule has 1 amide bonds. The van der Waals surface area contributed by atoms with E-state index in [4.69, 9.17) is 36.8 Å². The predicted molar refractivity (Wildman–Crippen MR) is 135 cm³/mol. The molecule has 3 N–H and O–H groups in total. The number of carbonyl (C=O) groups excluding carboxylic acids is 3. The lowest BCUT2D eigenvalue weighted by atomic mass is 9.94. The highest BCUT2D eigenvalue weighted by atomic mass is 32.5. The number of hydrogen-bond donors (Lipinski definition) is 3. The van der Waals surface area contributed by atoms with Gasteiger partial charge in [-0.3, -0.25) is 19.3 Å². The van der Waals surface area contributed by atoms with E-state index in [9.17, 15) is 29.0 Å². The topological polar surface area (TPSA) is 144 Å². The van der Waals surface area contributed by atoms with Crippen LogP contribution in [0.3, 0.4) is 0 Å². The minimum absolute atomic E-state index is 0.131. The lowest BCUT2D eigenvalue weighted by molar-refractivity contribution is -0.153. The Balaban J connectivity index is 1.81. The summed E-state index contributed by atoms with van der Waals surface area (Å²) in [6, 6.07) is 3.91. The summed E-state index contributed by atoms with van der Waals surface area (Å²) in [5.74, 6) is -0.0880. The number of esters is 1. The smallest absolute Gasteiger partial charge is 0.323 e. The number of ether oxygens (including phenoxy) is 2. The first-order valence-electron chi connectivity index (χ1n) is 11.5. The zero-order valence-electron chi connectivity index (χ0n) is 20.8. The molecule has 6 atom stereocenters. The largest absolute Gasteiger partial charge is 0.462 e. The Morgan fingerprint density at radius 2 is 2.03 bits per heavy atom. The van der Waals surface area contributed by atoms with Gasteiger partial charge >= 0.3 is 12.6 Å². The number of allylic oxidation sites excluding steroid dienone is 1. The van der Waals surface area contributed by atoms with Crippen LogP contribution in [0.4, 0.5) is 4.39 Å². The van der Waals surface area contributed by atoms with Crippen molar-refractivity contribution < 1.29 is 47.5 Å². The minimum Gasteiger partial charge on any atom is -0.462 e. The van der Waals surface area contributed by atoms with Crippen LogP contribution in [0, 0.1) is 18.2 Å². The molecule has 3 rings (SSSR count). The van der Waals surface area contributed by atoms with Crippen molar-refractivity contribution in [2.75, 3.05) is 6.61 Å². The van der Waals surface area contributed by atoms with E-state index >= 15 is 0 Å². The zero-order chi connectivity index (χ0) is 28.3. The molecule has 0 aliphatic carbocycles. The number of rotatable bonds is 10. The number of amides is 1. The third-order valence-corrected chi connectivity index (χ3v) is 8.01. The Bertz CT molecular complexity index is 1190. The number of ketones is 1. The Morgan fingerprint density at radius 3 is 2.61 bits per heavy atom. The summed E-state index contributed by atoms with van der Waals surface area (Å²) in [5.41, 5.74) is -2.35. The van der Waals surface area contributed by atoms with Crippen molar-refractivity contribution in [1.82, 2.24) is 9.99 Å². The summed E-state index contributed by atoms with van der Waals surface area (Å²) in [7, 11) is 0. The highest BCUT2D eigenvalue weighted by molar-refractivity contribution is 8.09. The molecule has 11 nitrogen and oxygen atoms in total. The monoisotopic (exact) mass is 570 g/mol. The van der Waals surface area contributed by atoms with Crippen molar-refractivity contribution >= 4 is 36.1 Å². The molecule has 0 aromatic heterocycles. The van der Waals surface area contributed by atoms with Crippen molar-refractivity contribution in [3.8, 4) is 18.1 Å². The maximum Gasteiger partial charge on any atom is 0.323 e. The van der Waals surface area contributed by atoms with Crippen LogP contribution in [0.2, 0.25) is 0 Å². The molecule has 1 aromatic rings. The van der Waals surface area contributed by atoms with Crippen LogP contribution >= 0.6 is 6.64 Å². The summed E-state index contributed by atoms with van der Waals surface area (Å²) >= 11 is 5.57. The Morgan fingerprint density at radius 1 is 1.37 bits per heavy atom. The first kappa shape index (κ1) is 29.9. The average Bonchev–Trinajstić information content (AvgIpc) is 3.09. The summed E-state index contributed by atoms with van der Waals surface area (Å²) in [5, 5.41) is 24.6. The number of aliphatic hydroxyl groups excluding tert-OH is 1. The molecule has 1 aromatic carbocycles. The van der Waals surface area contributed by atoms with Gasteiger partial charge in [0.1, 0.15) is 29.8 Å². The summed E-state index contributed by atoms with van der Waals surface area (Å²) < 4.78 is 35.9. The molecule has 0 bridgehead atoms. The molecule has 1 saturated heterocycles. The molecule has 0 spiro atoms. The van der Waals surface area contributed by atoms with Gasteiger partial charge in [-0.15, -0.1) is 6.42 Å². The standard InChI is InChI=1S/C24H28FN2O9PS/c1-5-24(32)21(30)19(35-23(24)27-11-10-17(28)12-20(27)29)13-33-37(38,26-15(4)22(31)34-14(2)3)36-18-8-6-16(25)7-9-18/h1,6-11,14-15,19,21,23,30,32H,12-13H2,2-4H3,(H,26,38)/t15-,19+,21+,23+,24+,37?/m0/s1. The molecule has 0 saturated carbocycles. The third kappa shape index (κ3) is 6.84. The normalized spacial score (nSPS) is 27.6. The van der Waals surface area contributed by atoms with Gasteiger partial charge in [-0.05, 0) is 62.9 Å². The van der Waals surface area contributed by atoms with E-state index < -0.39 is 79.3 Å². The van der Waals surface area contributed by atoms with Crippen molar-refractivity contribution in [3.63, 3.8) is 0 Å². The molecule has 1 unspecified atom stereocenters. The lowest BCUT2D eigenvalue weighted by Gasteiger charge is -2.33. The van der Waals surface area contributed by atoms with Crippen LogP contribution in [-0.2, 0) is 40.2 Å². The predicted octanol–water partition coefficient (Wildman–Crippen LogP) is 1.14. The highest BCUT2D eigenvalue weighted by Gasteiger charge is 2.58. The molecule has 2 heterocycles. The van der Waals surface area contributed by atoms with Gasteiger partial charge in [0.15, 0.2) is 17.6 Å². The fraction of sp³-hybridized carbons (Fsp3) is 0.458. The highest BCUT2D eigenvalue weighted by Crippen LogP contribution is 2.46. The van der Waals surface area contributed by atoms with Crippen molar-refractivity contribution in [3.05, 3.63) is 42.4 Å². The van der Waals surface area contributed by atoms with Crippen molar-refractivity contribution in [2.45, 2.75) is 63.4 Å². The van der Waals surface area contributed by atoms with Gasteiger partial charge in [-0.25, -0.2) is 9.48 Å². The minimum atomic E-state index is -3.61. The van der Waals surface area contributed by atoms with E-state index in [0.717, 1.165) is 29.3 Å². The number of carbonyl (C=O) groups is 3. The van der Waals surface area contributed by atoms with E-state index in [-0.39, 0.29) is 5.75 Å². The molecular weight excluding hydrogens is 542 g/mol. The Kier molecular flexibility index (Phi) is 9.43. The number of aliphatic hydroxyl groups is 2. The number of terminal acetylenes is 1. The second-order valence-electron chi connectivity index (χ2n) is 8.88. The molecule has 2 aliphatic heterocycles.